The zero-order chi connectivity index (χ0) is 12.8. The van der Waals surface area contributed by atoms with Gasteiger partial charge in [-0.1, -0.05) is 0 Å². The van der Waals surface area contributed by atoms with Crippen LogP contribution in [0, 0.1) is 0 Å². The quantitative estimate of drug-likeness (QED) is 0.612. The summed E-state index contributed by atoms with van der Waals surface area (Å²) in [5.74, 6) is 0.109. The van der Waals surface area contributed by atoms with E-state index in [0.29, 0.717) is 30.2 Å². The molecule has 0 aliphatic carbocycles. The number of ether oxygens (including phenoxy) is 2. The number of nitrogen functional groups attached to an aromatic ring is 1. The van der Waals surface area contributed by atoms with Gasteiger partial charge in [-0.2, -0.15) is 0 Å². The number of benzene rings is 1. The van der Waals surface area contributed by atoms with Crippen molar-refractivity contribution in [1.82, 2.24) is 4.90 Å². The van der Waals surface area contributed by atoms with E-state index in [-0.39, 0.29) is 5.97 Å². The van der Waals surface area contributed by atoms with Crippen LogP contribution in [0.3, 0.4) is 0 Å². The summed E-state index contributed by atoms with van der Waals surface area (Å²) in [4.78, 5) is 13.6. The minimum Gasteiger partial charge on any atom is -0.495 e. The van der Waals surface area contributed by atoms with E-state index >= 15 is 0 Å². The van der Waals surface area contributed by atoms with Gasteiger partial charge in [0.25, 0.3) is 0 Å². The number of hydrogen-bond donors (Lipinski definition) is 1. The van der Waals surface area contributed by atoms with Gasteiger partial charge in [-0.15, -0.1) is 0 Å². The van der Waals surface area contributed by atoms with Crippen molar-refractivity contribution in [3.8, 4) is 5.75 Å². The molecule has 0 saturated heterocycles. The average molecular weight is 238 g/mol. The Kier molecular flexibility index (Phi) is 4.78. The van der Waals surface area contributed by atoms with Crippen LogP contribution in [0.4, 0.5) is 5.69 Å². The molecule has 5 heteroatoms. The molecule has 1 aromatic rings. The lowest BCUT2D eigenvalue weighted by Crippen LogP contribution is -2.20. The van der Waals surface area contributed by atoms with Crippen molar-refractivity contribution in [2.24, 2.45) is 0 Å². The third-order valence-corrected chi connectivity index (χ3v) is 2.24. The zero-order valence-corrected chi connectivity index (χ0v) is 10.4. The summed E-state index contributed by atoms with van der Waals surface area (Å²) in [5.41, 5.74) is 6.59. The Morgan fingerprint density at radius 1 is 1.41 bits per heavy atom. The van der Waals surface area contributed by atoms with Crippen LogP contribution in [0.1, 0.15) is 10.4 Å². The Morgan fingerprint density at radius 3 is 2.71 bits per heavy atom. The van der Waals surface area contributed by atoms with E-state index in [4.69, 9.17) is 15.2 Å². The molecule has 1 rings (SSSR count). The van der Waals surface area contributed by atoms with Crippen molar-refractivity contribution < 1.29 is 14.3 Å². The predicted octanol–water partition coefficient (Wildman–Crippen LogP) is 0.996. The molecule has 5 nitrogen and oxygen atoms in total. The predicted molar refractivity (Wildman–Crippen MR) is 66.2 cm³/mol. The van der Waals surface area contributed by atoms with Crippen LogP contribution in [-0.2, 0) is 4.74 Å². The van der Waals surface area contributed by atoms with Gasteiger partial charge in [-0.05, 0) is 32.3 Å². The average Bonchev–Trinajstić information content (AvgIpc) is 2.29. The van der Waals surface area contributed by atoms with Gasteiger partial charge in [0.05, 0.1) is 18.4 Å². The Bertz CT molecular complexity index is 391. The number of rotatable bonds is 5. The lowest BCUT2D eigenvalue weighted by molar-refractivity contribution is 0.0481. The molecule has 94 valence electrons. The molecular formula is C12H18N2O3. The second kappa shape index (κ2) is 6.10. The summed E-state index contributed by atoms with van der Waals surface area (Å²) in [6.45, 7) is 1.05. The minimum atomic E-state index is -0.370. The number of carbonyl (C=O) groups excluding carboxylic acids is 1. The van der Waals surface area contributed by atoms with Gasteiger partial charge in [0.2, 0.25) is 0 Å². The van der Waals surface area contributed by atoms with E-state index in [2.05, 4.69) is 0 Å². The van der Waals surface area contributed by atoms with E-state index in [1.165, 1.54) is 7.11 Å². The van der Waals surface area contributed by atoms with Gasteiger partial charge in [-0.25, -0.2) is 4.79 Å². The number of hydrogen-bond acceptors (Lipinski definition) is 5. The molecule has 17 heavy (non-hydrogen) atoms. The number of likely N-dealkylation sites (N-methyl/N-ethyl adjacent to an activating group) is 1. The first-order valence-electron chi connectivity index (χ1n) is 5.30. The molecule has 0 fully saturated rings. The van der Waals surface area contributed by atoms with Crippen LogP contribution in [-0.4, -0.2) is 45.2 Å². The number of carbonyl (C=O) groups is 1. The Morgan fingerprint density at radius 2 is 2.12 bits per heavy atom. The van der Waals surface area contributed by atoms with E-state index < -0.39 is 0 Å². The van der Waals surface area contributed by atoms with Gasteiger partial charge in [0, 0.05) is 6.54 Å². The molecule has 0 aliphatic heterocycles. The van der Waals surface area contributed by atoms with Crippen molar-refractivity contribution in [3.63, 3.8) is 0 Å². The van der Waals surface area contributed by atoms with E-state index in [9.17, 15) is 4.79 Å². The molecule has 0 radical (unpaired) electrons. The van der Waals surface area contributed by atoms with Crippen LogP contribution < -0.4 is 10.5 Å². The molecule has 0 saturated carbocycles. The molecule has 0 heterocycles. The van der Waals surface area contributed by atoms with E-state index in [1.807, 2.05) is 19.0 Å². The van der Waals surface area contributed by atoms with Crippen molar-refractivity contribution in [3.05, 3.63) is 23.8 Å². The summed E-state index contributed by atoms with van der Waals surface area (Å²) >= 11 is 0. The highest BCUT2D eigenvalue weighted by atomic mass is 16.5. The molecule has 0 aliphatic rings. The highest BCUT2D eigenvalue weighted by Crippen LogP contribution is 2.22. The monoisotopic (exact) mass is 238 g/mol. The second-order valence-corrected chi connectivity index (χ2v) is 3.90. The van der Waals surface area contributed by atoms with Crippen LogP contribution in [0.15, 0.2) is 18.2 Å². The molecule has 0 spiro atoms. The number of nitrogens with two attached hydrogens (primary N) is 1. The fraction of sp³-hybridized carbons (Fsp3) is 0.417. The SMILES string of the molecule is COc1cc(C(=O)OCCN(C)C)ccc1N. The number of anilines is 1. The van der Waals surface area contributed by atoms with E-state index in [0.717, 1.165) is 0 Å². The molecule has 0 bridgehead atoms. The highest BCUT2D eigenvalue weighted by Gasteiger charge is 2.10. The largest absolute Gasteiger partial charge is 0.495 e. The van der Waals surface area contributed by atoms with Gasteiger partial charge < -0.3 is 20.1 Å². The standard InChI is InChI=1S/C12H18N2O3/c1-14(2)6-7-17-12(15)9-4-5-10(13)11(8-9)16-3/h4-5,8H,6-7,13H2,1-3H3. The summed E-state index contributed by atoms with van der Waals surface area (Å²) < 4.78 is 10.1. The maximum Gasteiger partial charge on any atom is 0.338 e. The lowest BCUT2D eigenvalue weighted by atomic mass is 10.2. The van der Waals surface area contributed by atoms with Crippen molar-refractivity contribution in [2.45, 2.75) is 0 Å². The fourth-order valence-corrected chi connectivity index (χ4v) is 1.24. The van der Waals surface area contributed by atoms with Crippen LogP contribution in [0.5, 0.6) is 5.75 Å². The van der Waals surface area contributed by atoms with Gasteiger partial charge >= 0.3 is 5.97 Å². The second-order valence-electron chi connectivity index (χ2n) is 3.90. The van der Waals surface area contributed by atoms with Crippen molar-refractivity contribution >= 4 is 11.7 Å². The third-order valence-electron chi connectivity index (χ3n) is 2.24. The first-order chi connectivity index (χ1) is 8.04. The zero-order valence-electron chi connectivity index (χ0n) is 10.4. The smallest absolute Gasteiger partial charge is 0.338 e. The van der Waals surface area contributed by atoms with Gasteiger partial charge in [0.1, 0.15) is 12.4 Å². The molecule has 0 aromatic heterocycles. The fourth-order valence-electron chi connectivity index (χ4n) is 1.24. The highest BCUT2D eigenvalue weighted by molar-refractivity contribution is 5.90. The summed E-state index contributed by atoms with van der Waals surface area (Å²) in [5, 5.41) is 0. The maximum atomic E-state index is 11.7. The normalized spacial score (nSPS) is 10.4. The molecular weight excluding hydrogens is 220 g/mol. The first-order valence-corrected chi connectivity index (χ1v) is 5.30. The number of esters is 1. The van der Waals surface area contributed by atoms with Gasteiger partial charge in [-0.3, -0.25) is 0 Å². The minimum absolute atomic E-state index is 0.360. The Balaban J connectivity index is 2.63. The molecule has 0 amide bonds. The third kappa shape index (κ3) is 3.96. The van der Waals surface area contributed by atoms with Crippen LogP contribution in [0.25, 0.3) is 0 Å². The number of nitrogens with zero attached hydrogens (tertiary/aromatic N) is 1. The lowest BCUT2D eigenvalue weighted by Gasteiger charge is -2.10. The van der Waals surface area contributed by atoms with Crippen molar-refractivity contribution in [1.29, 1.82) is 0 Å². The summed E-state index contributed by atoms with van der Waals surface area (Å²) in [6, 6.07) is 4.82. The van der Waals surface area contributed by atoms with Crippen LogP contribution in [0.2, 0.25) is 0 Å². The topological polar surface area (TPSA) is 64.8 Å². The Labute approximate surface area is 101 Å². The van der Waals surface area contributed by atoms with Crippen molar-refractivity contribution in [2.75, 3.05) is 40.1 Å². The number of methoxy groups -OCH3 is 1. The molecule has 1 aromatic carbocycles. The first kappa shape index (κ1) is 13.3. The molecule has 2 N–H and O–H groups in total. The summed E-state index contributed by atoms with van der Waals surface area (Å²) in [6.07, 6.45) is 0. The molecule has 0 unspecified atom stereocenters. The van der Waals surface area contributed by atoms with Crippen LogP contribution >= 0.6 is 0 Å². The Hall–Kier alpha value is -1.75. The maximum absolute atomic E-state index is 11.7. The summed E-state index contributed by atoms with van der Waals surface area (Å²) in [7, 11) is 5.34. The molecule has 0 atom stereocenters. The van der Waals surface area contributed by atoms with E-state index in [1.54, 1.807) is 18.2 Å². The van der Waals surface area contributed by atoms with Gasteiger partial charge in [0.15, 0.2) is 0 Å².